The van der Waals surface area contributed by atoms with Gasteiger partial charge in [0.25, 0.3) is 5.91 Å². The minimum absolute atomic E-state index is 0.0801. The number of nitrogens with zero attached hydrogens (tertiary/aromatic N) is 2. The van der Waals surface area contributed by atoms with E-state index in [1.165, 1.54) is 0 Å². The van der Waals surface area contributed by atoms with Gasteiger partial charge >= 0.3 is 0 Å². The number of pyridine rings is 1. The second kappa shape index (κ2) is 5.35. The molecule has 4 heteroatoms. The van der Waals surface area contributed by atoms with Gasteiger partial charge in [-0.2, -0.15) is 0 Å². The van der Waals surface area contributed by atoms with Crippen molar-refractivity contribution in [1.29, 1.82) is 0 Å². The summed E-state index contributed by atoms with van der Waals surface area (Å²) in [6.07, 6.45) is 2.16. The third-order valence-electron chi connectivity index (χ3n) is 4.30. The topological polar surface area (TPSA) is 59.2 Å². The number of nitrogen functional groups attached to an aromatic ring is 1. The van der Waals surface area contributed by atoms with E-state index < -0.39 is 0 Å². The lowest BCUT2D eigenvalue weighted by molar-refractivity contribution is 0.0703. The van der Waals surface area contributed by atoms with Gasteiger partial charge in [-0.25, -0.2) is 4.98 Å². The van der Waals surface area contributed by atoms with Crippen molar-refractivity contribution < 1.29 is 4.79 Å². The van der Waals surface area contributed by atoms with Crippen LogP contribution in [0, 0.1) is 5.92 Å². The molecule has 1 unspecified atom stereocenters. The smallest absolute Gasteiger partial charge is 0.254 e. The number of benzene rings is 1. The molecular formula is C17H21N3O. The maximum atomic E-state index is 13.0. The van der Waals surface area contributed by atoms with Crippen LogP contribution in [-0.4, -0.2) is 28.4 Å². The Morgan fingerprint density at radius 3 is 2.90 bits per heavy atom. The lowest BCUT2D eigenvalue weighted by Crippen LogP contribution is -2.38. The molecule has 4 nitrogen and oxygen atoms in total. The van der Waals surface area contributed by atoms with E-state index >= 15 is 0 Å². The normalized spacial score (nSPS) is 18.6. The molecule has 1 fully saturated rings. The van der Waals surface area contributed by atoms with Crippen LogP contribution in [0.1, 0.15) is 37.0 Å². The summed E-state index contributed by atoms with van der Waals surface area (Å²) >= 11 is 0. The van der Waals surface area contributed by atoms with E-state index in [4.69, 9.17) is 5.73 Å². The molecule has 1 amide bonds. The second-order valence-electron chi connectivity index (χ2n) is 6.06. The van der Waals surface area contributed by atoms with Crippen LogP contribution in [-0.2, 0) is 0 Å². The number of amides is 1. The fraction of sp³-hybridized carbons (Fsp3) is 0.412. The van der Waals surface area contributed by atoms with Crippen molar-refractivity contribution >= 4 is 22.6 Å². The maximum absolute atomic E-state index is 13.0. The molecule has 2 heterocycles. The predicted octanol–water partition coefficient (Wildman–Crippen LogP) is 3.08. The van der Waals surface area contributed by atoms with Crippen LogP contribution < -0.4 is 5.73 Å². The number of hydrogen-bond acceptors (Lipinski definition) is 3. The predicted molar refractivity (Wildman–Crippen MR) is 85.1 cm³/mol. The van der Waals surface area contributed by atoms with Crippen LogP contribution in [0.4, 0.5) is 5.82 Å². The molecule has 2 aromatic rings. The van der Waals surface area contributed by atoms with Gasteiger partial charge in [0.2, 0.25) is 0 Å². The molecule has 1 aromatic carbocycles. The van der Waals surface area contributed by atoms with E-state index in [1.54, 1.807) is 6.07 Å². The van der Waals surface area contributed by atoms with Gasteiger partial charge < -0.3 is 10.6 Å². The average molecular weight is 283 g/mol. The number of rotatable bonds is 2. The summed E-state index contributed by atoms with van der Waals surface area (Å²) in [6.45, 7) is 5.18. The van der Waals surface area contributed by atoms with Crippen LogP contribution in [0.2, 0.25) is 0 Å². The Hall–Kier alpha value is -2.10. The molecule has 1 aliphatic heterocycles. The maximum Gasteiger partial charge on any atom is 0.254 e. The Bertz CT molecular complexity index is 681. The first-order valence-electron chi connectivity index (χ1n) is 7.54. The fourth-order valence-electron chi connectivity index (χ4n) is 3.27. The molecule has 0 aliphatic carbocycles. The number of carbonyl (C=O) groups excluding carboxylic acids is 1. The highest BCUT2D eigenvalue weighted by Crippen LogP contribution is 2.28. The van der Waals surface area contributed by atoms with Gasteiger partial charge in [0, 0.05) is 18.0 Å². The SMILES string of the molecule is CC(C)C1CCCN1C(=O)c1cc(N)nc2ccccc12. The van der Waals surface area contributed by atoms with Gasteiger partial charge in [0.1, 0.15) is 5.82 Å². The number of aromatic nitrogens is 1. The van der Waals surface area contributed by atoms with E-state index in [9.17, 15) is 4.79 Å². The Morgan fingerprint density at radius 1 is 1.38 bits per heavy atom. The molecule has 0 radical (unpaired) electrons. The van der Waals surface area contributed by atoms with E-state index in [-0.39, 0.29) is 5.91 Å². The molecule has 0 spiro atoms. The highest BCUT2D eigenvalue weighted by molar-refractivity contribution is 6.07. The molecule has 1 aromatic heterocycles. The van der Waals surface area contributed by atoms with Gasteiger partial charge in [0.15, 0.2) is 0 Å². The zero-order chi connectivity index (χ0) is 15.0. The highest BCUT2D eigenvalue weighted by atomic mass is 16.2. The molecule has 110 valence electrons. The summed E-state index contributed by atoms with van der Waals surface area (Å²) in [4.78, 5) is 19.3. The van der Waals surface area contributed by atoms with Crippen molar-refractivity contribution in [2.45, 2.75) is 32.7 Å². The summed E-state index contributed by atoms with van der Waals surface area (Å²) in [6, 6.07) is 9.71. The van der Waals surface area contributed by atoms with Gasteiger partial charge in [-0.1, -0.05) is 32.0 Å². The van der Waals surface area contributed by atoms with E-state index in [1.807, 2.05) is 29.2 Å². The number of anilines is 1. The Balaban J connectivity index is 2.05. The van der Waals surface area contributed by atoms with Crippen molar-refractivity contribution in [2.75, 3.05) is 12.3 Å². The Kier molecular flexibility index (Phi) is 3.53. The van der Waals surface area contributed by atoms with Crippen molar-refractivity contribution in [3.8, 4) is 0 Å². The molecule has 1 atom stereocenters. The van der Waals surface area contributed by atoms with Gasteiger partial charge in [0.05, 0.1) is 11.1 Å². The Labute approximate surface area is 125 Å². The zero-order valence-corrected chi connectivity index (χ0v) is 12.5. The van der Waals surface area contributed by atoms with Crippen LogP contribution >= 0.6 is 0 Å². The van der Waals surface area contributed by atoms with Crippen molar-refractivity contribution in [1.82, 2.24) is 9.88 Å². The molecule has 21 heavy (non-hydrogen) atoms. The Morgan fingerprint density at radius 2 is 2.14 bits per heavy atom. The third kappa shape index (κ3) is 2.46. The van der Waals surface area contributed by atoms with E-state index in [0.29, 0.717) is 23.3 Å². The first-order valence-corrected chi connectivity index (χ1v) is 7.54. The quantitative estimate of drug-likeness (QED) is 0.921. The lowest BCUT2D eigenvalue weighted by Gasteiger charge is -2.28. The summed E-state index contributed by atoms with van der Waals surface area (Å²) in [5, 5.41) is 0.881. The number of likely N-dealkylation sites (tertiary alicyclic amines) is 1. The minimum atomic E-state index is 0.0801. The number of hydrogen-bond donors (Lipinski definition) is 1. The summed E-state index contributed by atoms with van der Waals surface area (Å²) in [5.74, 6) is 0.954. The fourth-order valence-corrected chi connectivity index (χ4v) is 3.27. The minimum Gasteiger partial charge on any atom is -0.384 e. The summed E-state index contributed by atoms with van der Waals surface area (Å²) in [7, 11) is 0. The second-order valence-corrected chi connectivity index (χ2v) is 6.06. The zero-order valence-electron chi connectivity index (χ0n) is 12.5. The third-order valence-corrected chi connectivity index (χ3v) is 4.30. The first kappa shape index (κ1) is 13.9. The van der Waals surface area contributed by atoms with Gasteiger partial charge in [-0.3, -0.25) is 4.79 Å². The van der Waals surface area contributed by atoms with Gasteiger partial charge in [-0.15, -0.1) is 0 Å². The molecule has 3 rings (SSSR count). The molecular weight excluding hydrogens is 262 g/mol. The molecule has 2 N–H and O–H groups in total. The number of carbonyl (C=O) groups is 1. The number of fused-ring (bicyclic) bond motifs is 1. The van der Waals surface area contributed by atoms with Crippen molar-refractivity contribution in [3.05, 3.63) is 35.9 Å². The molecule has 1 aliphatic rings. The average Bonchev–Trinajstić information content (AvgIpc) is 2.95. The molecule has 0 saturated carbocycles. The highest BCUT2D eigenvalue weighted by Gasteiger charge is 2.32. The standard InChI is InChI=1S/C17H21N3O/c1-11(2)15-8-5-9-20(15)17(21)13-10-16(18)19-14-7-4-3-6-12(13)14/h3-4,6-7,10-11,15H,5,8-9H2,1-2H3,(H2,18,19). The summed E-state index contributed by atoms with van der Waals surface area (Å²) in [5.41, 5.74) is 7.32. The van der Waals surface area contributed by atoms with E-state index in [0.717, 1.165) is 30.3 Å². The number of para-hydroxylation sites is 1. The number of nitrogens with two attached hydrogens (primary N) is 1. The van der Waals surface area contributed by atoms with Crippen molar-refractivity contribution in [3.63, 3.8) is 0 Å². The first-order chi connectivity index (χ1) is 10.1. The van der Waals surface area contributed by atoms with Gasteiger partial charge in [-0.05, 0) is 30.9 Å². The van der Waals surface area contributed by atoms with Crippen LogP contribution in [0.25, 0.3) is 10.9 Å². The van der Waals surface area contributed by atoms with Crippen molar-refractivity contribution in [2.24, 2.45) is 5.92 Å². The lowest BCUT2D eigenvalue weighted by atomic mass is 10.0. The molecule has 1 saturated heterocycles. The molecule has 0 bridgehead atoms. The van der Waals surface area contributed by atoms with E-state index in [2.05, 4.69) is 18.8 Å². The largest absolute Gasteiger partial charge is 0.384 e. The van der Waals surface area contributed by atoms with Crippen LogP contribution in [0.5, 0.6) is 0 Å². The van der Waals surface area contributed by atoms with Crippen LogP contribution in [0.15, 0.2) is 30.3 Å². The van der Waals surface area contributed by atoms with Crippen LogP contribution in [0.3, 0.4) is 0 Å². The monoisotopic (exact) mass is 283 g/mol. The summed E-state index contributed by atoms with van der Waals surface area (Å²) < 4.78 is 0.